The molecule has 2 aromatic heterocycles. The Balaban J connectivity index is 2.10. The van der Waals surface area contributed by atoms with Crippen LogP contribution >= 0.6 is 11.6 Å². The van der Waals surface area contributed by atoms with Crippen molar-refractivity contribution in [1.82, 2.24) is 15.0 Å². The van der Waals surface area contributed by atoms with Crippen LogP contribution in [0.15, 0.2) is 18.2 Å². The van der Waals surface area contributed by atoms with E-state index < -0.39 is 18.1 Å². The van der Waals surface area contributed by atoms with E-state index in [-0.39, 0.29) is 16.9 Å². The Bertz CT molecular complexity index is 672. The summed E-state index contributed by atoms with van der Waals surface area (Å²) in [4.78, 5) is 9.79. The predicted molar refractivity (Wildman–Crippen MR) is 62.4 cm³/mol. The highest BCUT2D eigenvalue weighted by Crippen LogP contribution is 2.28. The first kappa shape index (κ1) is 12.4. The van der Waals surface area contributed by atoms with E-state index in [1.54, 1.807) is 0 Å². The Morgan fingerprint density at radius 2 is 2.26 bits per heavy atom. The van der Waals surface area contributed by atoms with E-state index in [9.17, 15) is 8.78 Å². The van der Waals surface area contributed by atoms with E-state index in [0.29, 0.717) is 11.9 Å². The van der Waals surface area contributed by atoms with Crippen molar-refractivity contribution in [3.05, 3.63) is 29.5 Å². The molecule has 5 nitrogen and oxygen atoms in total. The Morgan fingerprint density at radius 1 is 1.47 bits per heavy atom. The number of fused-ring (bicyclic) bond motifs is 1. The van der Waals surface area contributed by atoms with Gasteiger partial charge in [-0.05, 0) is 17.5 Å². The van der Waals surface area contributed by atoms with Crippen LogP contribution in [-0.2, 0) is 4.74 Å². The smallest absolute Gasteiger partial charge is 0.332 e. The third-order valence-corrected chi connectivity index (χ3v) is 3.22. The zero-order valence-electron chi connectivity index (χ0n) is 9.90. The summed E-state index contributed by atoms with van der Waals surface area (Å²) in [6.07, 6.45) is 1.25. The maximum absolute atomic E-state index is 13.8. The standard InChI is InChI=1S/C11H9ClF2N4O/c1-2-5-3-6(13)10(19-5)18-4-15-7-8(12)16-11(14)17-9(7)18/h3-5,10H,2H2,1H3/p+1/t5-,10-/m0/s1. The van der Waals surface area contributed by atoms with Gasteiger partial charge in [-0.15, -0.1) is 4.39 Å². The normalized spacial score (nSPS) is 23.1. The Hall–Kier alpha value is -1.60. The van der Waals surface area contributed by atoms with E-state index in [1.807, 2.05) is 6.92 Å². The van der Waals surface area contributed by atoms with Crippen LogP contribution in [0.1, 0.15) is 19.6 Å². The highest BCUT2D eigenvalue weighted by Gasteiger charge is 2.34. The molecule has 3 heterocycles. The average molecular weight is 288 g/mol. The van der Waals surface area contributed by atoms with Crippen LogP contribution in [0.2, 0.25) is 5.15 Å². The summed E-state index contributed by atoms with van der Waals surface area (Å²) in [5, 5.41) is -0.0596. The highest BCUT2D eigenvalue weighted by atomic mass is 35.5. The molecule has 1 aliphatic heterocycles. The monoisotopic (exact) mass is 287 g/mol. The van der Waals surface area contributed by atoms with Crippen LogP contribution < -0.4 is 4.57 Å². The number of hydrogen-bond acceptors (Lipinski definition) is 3. The van der Waals surface area contributed by atoms with Crippen LogP contribution in [0.5, 0.6) is 0 Å². The molecule has 1 N–H and O–H groups in total. The molecule has 0 aromatic carbocycles. The Labute approximate surface area is 111 Å². The number of halogens is 3. The second kappa shape index (κ2) is 4.50. The van der Waals surface area contributed by atoms with Gasteiger partial charge in [0.15, 0.2) is 17.3 Å². The highest BCUT2D eigenvalue weighted by molar-refractivity contribution is 6.33. The van der Waals surface area contributed by atoms with Gasteiger partial charge >= 0.3 is 11.7 Å². The molecular formula is C11H10ClF2N4O+. The number of aromatic amines is 1. The summed E-state index contributed by atoms with van der Waals surface area (Å²) in [6.45, 7) is 1.88. The molecule has 0 aliphatic carbocycles. The lowest BCUT2D eigenvalue weighted by atomic mass is 10.3. The van der Waals surface area contributed by atoms with Crippen molar-refractivity contribution in [3.63, 3.8) is 0 Å². The Kier molecular flexibility index (Phi) is 2.94. The van der Waals surface area contributed by atoms with Gasteiger partial charge in [0.25, 0.3) is 0 Å². The number of ether oxygens (including phenoxy) is 1. The molecule has 8 heteroatoms. The molecule has 2 atom stereocenters. The van der Waals surface area contributed by atoms with Crippen molar-refractivity contribution in [2.45, 2.75) is 25.7 Å². The molecule has 0 amide bonds. The molecule has 0 bridgehead atoms. The number of hydrogen-bond donors (Lipinski definition) is 1. The van der Waals surface area contributed by atoms with E-state index >= 15 is 0 Å². The first-order valence-electron chi connectivity index (χ1n) is 5.74. The SMILES string of the molecule is CC[C@H]1C=C(F)[C@@H]([n+]2c[nH]c3c(Cl)nc(F)nc32)O1. The molecule has 0 unspecified atom stereocenters. The molecule has 100 valence electrons. The van der Waals surface area contributed by atoms with E-state index in [4.69, 9.17) is 16.3 Å². The number of nitrogens with zero attached hydrogens (tertiary/aromatic N) is 3. The van der Waals surface area contributed by atoms with Crippen molar-refractivity contribution in [2.75, 3.05) is 0 Å². The zero-order valence-corrected chi connectivity index (χ0v) is 10.7. The molecule has 0 spiro atoms. The van der Waals surface area contributed by atoms with Gasteiger partial charge in [0.2, 0.25) is 11.7 Å². The molecular weight excluding hydrogens is 278 g/mol. The summed E-state index contributed by atoms with van der Waals surface area (Å²) >= 11 is 5.79. The topological polar surface area (TPSA) is 54.7 Å². The number of rotatable bonds is 2. The molecule has 19 heavy (non-hydrogen) atoms. The van der Waals surface area contributed by atoms with Gasteiger partial charge in [-0.2, -0.15) is 9.55 Å². The molecule has 0 fully saturated rings. The second-order valence-corrected chi connectivity index (χ2v) is 4.51. The van der Waals surface area contributed by atoms with Crippen LogP contribution in [0.25, 0.3) is 11.2 Å². The minimum Gasteiger partial charge on any atom is -0.332 e. The first-order valence-corrected chi connectivity index (χ1v) is 6.12. The van der Waals surface area contributed by atoms with Gasteiger partial charge in [-0.25, -0.2) is 4.39 Å². The van der Waals surface area contributed by atoms with Crippen molar-refractivity contribution >= 4 is 22.8 Å². The third-order valence-electron chi connectivity index (χ3n) is 2.95. The fraction of sp³-hybridized carbons (Fsp3) is 0.364. The van der Waals surface area contributed by atoms with Crippen LogP contribution in [0, 0.1) is 6.08 Å². The Morgan fingerprint density at radius 3 is 2.95 bits per heavy atom. The van der Waals surface area contributed by atoms with Crippen LogP contribution in [-0.4, -0.2) is 21.1 Å². The van der Waals surface area contributed by atoms with Crippen LogP contribution in [0.3, 0.4) is 0 Å². The quantitative estimate of drug-likeness (QED) is 0.523. The summed E-state index contributed by atoms with van der Waals surface area (Å²) in [5.74, 6) is -0.437. The number of H-pyrrole nitrogens is 1. The zero-order chi connectivity index (χ0) is 13.6. The van der Waals surface area contributed by atoms with Gasteiger partial charge in [-0.3, -0.25) is 4.98 Å². The van der Waals surface area contributed by atoms with Gasteiger partial charge in [0.05, 0.1) is 6.10 Å². The minimum absolute atomic E-state index is 0.0596. The number of aromatic nitrogens is 4. The lowest BCUT2D eigenvalue weighted by Crippen LogP contribution is -2.40. The fourth-order valence-corrected chi connectivity index (χ4v) is 2.23. The largest absolute Gasteiger partial charge is 0.386 e. The van der Waals surface area contributed by atoms with E-state index in [2.05, 4.69) is 15.0 Å². The lowest BCUT2D eigenvalue weighted by molar-refractivity contribution is -0.732. The minimum atomic E-state index is -0.972. The molecule has 0 radical (unpaired) electrons. The number of nitrogens with one attached hydrogen (secondary N) is 1. The van der Waals surface area contributed by atoms with Gasteiger partial charge in [0, 0.05) is 0 Å². The summed E-state index contributed by atoms with van der Waals surface area (Å²) in [7, 11) is 0. The first-order chi connectivity index (χ1) is 9.10. The average Bonchev–Trinajstić information content (AvgIpc) is 2.92. The van der Waals surface area contributed by atoms with Gasteiger partial charge in [0.1, 0.15) is 0 Å². The van der Waals surface area contributed by atoms with Crippen molar-refractivity contribution in [2.24, 2.45) is 0 Å². The van der Waals surface area contributed by atoms with Crippen molar-refractivity contribution in [3.8, 4) is 0 Å². The van der Waals surface area contributed by atoms with Gasteiger partial charge in [-0.1, -0.05) is 18.5 Å². The lowest BCUT2D eigenvalue weighted by Gasteiger charge is -2.10. The van der Waals surface area contributed by atoms with Crippen molar-refractivity contribution in [1.29, 1.82) is 0 Å². The predicted octanol–water partition coefficient (Wildman–Crippen LogP) is 2.20. The molecule has 2 aromatic rings. The summed E-state index contributed by atoms with van der Waals surface area (Å²) in [6, 6.07) is 0. The molecule has 0 saturated carbocycles. The second-order valence-electron chi connectivity index (χ2n) is 4.15. The summed E-state index contributed by atoms with van der Waals surface area (Å²) in [5.41, 5.74) is 0.488. The van der Waals surface area contributed by atoms with Gasteiger partial charge < -0.3 is 4.74 Å². The molecule has 3 rings (SSSR count). The maximum Gasteiger partial charge on any atom is 0.386 e. The van der Waals surface area contributed by atoms with Crippen LogP contribution in [0.4, 0.5) is 8.78 Å². The van der Waals surface area contributed by atoms with E-state index in [0.717, 1.165) is 0 Å². The summed E-state index contributed by atoms with van der Waals surface area (Å²) < 4.78 is 33.9. The third kappa shape index (κ3) is 1.98. The molecule has 1 aliphatic rings. The van der Waals surface area contributed by atoms with E-state index in [1.165, 1.54) is 17.0 Å². The molecule has 0 saturated heterocycles. The number of imidazole rings is 1. The maximum atomic E-state index is 13.8. The van der Waals surface area contributed by atoms with Crippen molar-refractivity contribution < 1.29 is 18.1 Å². The fourth-order valence-electron chi connectivity index (χ4n) is 2.02.